The van der Waals surface area contributed by atoms with Crippen LogP contribution in [0, 0.1) is 0 Å². The third-order valence-electron chi connectivity index (χ3n) is 3.29. The monoisotopic (exact) mass is 337 g/mol. The van der Waals surface area contributed by atoms with Gasteiger partial charge in [-0.2, -0.15) is 0 Å². The minimum absolute atomic E-state index is 0.106. The molecule has 1 saturated heterocycles. The molecule has 1 heterocycles. The second-order valence-corrected chi connectivity index (χ2v) is 5.64. The van der Waals surface area contributed by atoms with E-state index in [9.17, 15) is 19.5 Å². The number of ether oxygens (including phenoxy) is 2. The van der Waals surface area contributed by atoms with Crippen molar-refractivity contribution in [3.8, 4) is 11.5 Å². The van der Waals surface area contributed by atoms with Crippen molar-refractivity contribution < 1.29 is 29.0 Å². The molecule has 1 aromatic carbocycles. The standard InChI is InChI=1S/C15H15NO6S/c1-8(14(19)22-3)16-13(18)11(23-15(16)20)7-9-5-4-6-10(21-2)12(9)17/h4-8,17H,1-3H3/b11-7-/t8-/m1/s1. The average molecular weight is 337 g/mol. The molecule has 23 heavy (non-hydrogen) atoms. The lowest BCUT2D eigenvalue weighted by Gasteiger charge is -2.18. The predicted molar refractivity (Wildman–Crippen MR) is 83.9 cm³/mol. The van der Waals surface area contributed by atoms with Gasteiger partial charge >= 0.3 is 5.97 Å². The van der Waals surface area contributed by atoms with E-state index >= 15 is 0 Å². The van der Waals surface area contributed by atoms with Gasteiger partial charge in [0.1, 0.15) is 6.04 Å². The summed E-state index contributed by atoms with van der Waals surface area (Å²) in [7, 11) is 2.59. The van der Waals surface area contributed by atoms with Crippen LogP contribution in [0.4, 0.5) is 4.79 Å². The van der Waals surface area contributed by atoms with E-state index in [1.807, 2.05) is 0 Å². The molecule has 1 fully saturated rings. The summed E-state index contributed by atoms with van der Waals surface area (Å²) in [5.41, 5.74) is 0.334. The van der Waals surface area contributed by atoms with E-state index < -0.39 is 23.2 Å². The number of phenols is 1. The first-order valence-corrected chi connectivity index (χ1v) is 7.43. The maximum absolute atomic E-state index is 12.3. The minimum atomic E-state index is -1.02. The molecular weight excluding hydrogens is 322 g/mol. The molecule has 0 aromatic heterocycles. The highest BCUT2D eigenvalue weighted by Gasteiger charge is 2.41. The molecule has 1 atom stereocenters. The quantitative estimate of drug-likeness (QED) is 0.663. The predicted octanol–water partition coefficient (Wildman–Crippen LogP) is 2.00. The summed E-state index contributed by atoms with van der Waals surface area (Å²) in [6.07, 6.45) is 1.38. The molecule has 0 radical (unpaired) electrons. The number of para-hydroxylation sites is 1. The van der Waals surface area contributed by atoms with Crippen LogP contribution >= 0.6 is 11.8 Å². The molecule has 0 spiro atoms. The first-order chi connectivity index (χ1) is 10.9. The molecular formula is C15H15NO6S. The van der Waals surface area contributed by atoms with E-state index in [2.05, 4.69) is 4.74 Å². The zero-order chi connectivity index (χ0) is 17.1. The van der Waals surface area contributed by atoms with Crippen molar-refractivity contribution in [2.75, 3.05) is 14.2 Å². The first-order valence-electron chi connectivity index (χ1n) is 6.61. The molecule has 0 saturated carbocycles. The molecule has 7 nitrogen and oxygen atoms in total. The second-order valence-electron chi connectivity index (χ2n) is 4.65. The highest BCUT2D eigenvalue weighted by atomic mass is 32.2. The van der Waals surface area contributed by atoms with E-state index in [0.29, 0.717) is 17.3 Å². The number of esters is 1. The van der Waals surface area contributed by atoms with Gasteiger partial charge in [0.25, 0.3) is 11.1 Å². The summed E-state index contributed by atoms with van der Waals surface area (Å²) in [4.78, 5) is 36.8. The molecule has 0 unspecified atom stereocenters. The van der Waals surface area contributed by atoms with Gasteiger partial charge in [-0.3, -0.25) is 14.5 Å². The van der Waals surface area contributed by atoms with E-state index in [-0.39, 0.29) is 16.4 Å². The number of imide groups is 1. The molecule has 2 rings (SSSR count). The summed E-state index contributed by atoms with van der Waals surface area (Å²) < 4.78 is 9.55. The van der Waals surface area contributed by atoms with Crippen LogP contribution in [0.25, 0.3) is 6.08 Å². The number of rotatable bonds is 4. The maximum Gasteiger partial charge on any atom is 0.328 e. The van der Waals surface area contributed by atoms with E-state index in [1.165, 1.54) is 27.2 Å². The Labute approximate surface area is 136 Å². The molecule has 0 bridgehead atoms. The fourth-order valence-corrected chi connectivity index (χ4v) is 2.95. The number of thioether (sulfide) groups is 1. The summed E-state index contributed by atoms with van der Waals surface area (Å²) in [6, 6.07) is 3.77. The molecule has 8 heteroatoms. The highest BCUT2D eigenvalue weighted by Crippen LogP contribution is 2.37. The van der Waals surface area contributed by atoms with Crippen LogP contribution in [-0.4, -0.2) is 47.4 Å². The van der Waals surface area contributed by atoms with Gasteiger partial charge in [0.05, 0.1) is 19.1 Å². The number of hydrogen-bond acceptors (Lipinski definition) is 7. The third kappa shape index (κ3) is 3.16. The Kier molecular flexibility index (Phi) is 4.95. The Morgan fingerprint density at radius 3 is 2.65 bits per heavy atom. The van der Waals surface area contributed by atoms with Gasteiger partial charge in [0, 0.05) is 5.56 Å². The summed E-state index contributed by atoms with van der Waals surface area (Å²) in [5, 5.41) is 9.47. The number of nitrogens with zero attached hydrogens (tertiary/aromatic N) is 1. The summed E-state index contributed by atoms with van der Waals surface area (Å²) >= 11 is 0.694. The zero-order valence-electron chi connectivity index (χ0n) is 12.7. The van der Waals surface area contributed by atoms with Crippen molar-refractivity contribution in [1.82, 2.24) is 4.90 Å². The average Bonchev–Trinajstić information content (AvgIpc) is 2.82. The van der Waals surface area contributed by atoms with Crippen LogP contribution in [0.1, 0.15) is 12.5 Å². The van der Waals surface area contributed by atoms with Crippen LogP contribution in [0.3, 0.4) is 0 Å². The number of aromatic hydroxyl groups is 1. The maximum atomic E-state index is 12.3. The number of phenolic OH excluding ortho intramolecular Hbond substituents is 1. The number of hydrogen-bond donors (Lipinski definition) is 1. The summed E-state index contributed by atoms with van der Waals surface area (Å²) in [6.45, 7) is 1.41. The highest BCUT2D eigenvalue weighted by molar-refractivity contribution is 8.18. The smallest absolute Gasteiger partial charge is 0.328 e. The lowest BCUT2D eigenvalue weighted by Crippen LogP contribution is -2.42. The molecule has 1 N–H and O–H groups in total. The van der Waals surface area contributed by atoms with Crippen molar-refractivity contribution in [2.24, 2.45) is 0 Å². The van der Waals surface area contributed by atoms with Gasteiger partial charge in [0.15, 0.2) is 11.5 Å². The zero-order valence-corrected chi connectivity index (χ0v) is 13.5. The van der Waals surface area contributed by atoms with Crippen LogP contribution in [0.2, 0.25) is 0 Å². The first kappa shape index (κ1) is 16.9. The van der Waals surface area contributed by atoms with Crippen LogP contribution in [-0.2, 0) is 14.3 Å². The number of benzene rings is 1. The van der Waals surface area contributed by atoms with Crippen molar-refractivity contribution in [3.05, 3.63) is 28.7 Å². The molecule has 2 amide bonds. The molecule has 1 aliphatic heterocycles. The minimum Gasteiger partial charge on any atom is -0.504 e. The summed E-state index contributed by atoms with van der Waals surface area (Å²) in [5.74, 6) is -1.18. The SMILES string of the molecule is COC(=O)[C@@H](C)N1C(=O)S/C(=C\c2cccc(OC)c2O)C1=O. The van der Waals surface area contributed by atoms with Crippen LogP contribution in [0.15, 0.2) is 23.1 Å². The van der Waals surface area contributed by atoms with Gasteiger partial charge in [-0.25, -0.2) is 4.79 Å². The topological polar surface area (TPSA) is 93.1 Å². The molecule has 122 valence electrons. The van der Waals surface area contributed by atoms with Gasteiger partial charge in [-0.05, 0) is 30.8 Å². The van der Waals surface area contributed by atoms with Crippen molar-refractivity contribution in [3.63, 3.8) is 0 Å². The Morgan fingerprint density at radius 2 is 2.04 bits per heavy atom. The number of carbonyl (C=O) groups excluding carboxylic acids is 3. The fraction of sp³-hybridized carbons (Fsp3) is 0.267. The van der Waals surface area contributed by atoms with Gasteiger partial charge in [-0.1, -0.05) is 12.1 Å². The normalized spacial score (nSPS) is 17.5. The number of amides is 2. The van der Waals surface area contributed by atoms with E-state index in [1.54, 1.807) is 18.2 Å². The Hall–Kier alpha value is -2.48. The molecule has 1 aromatic rings. The lowest BCUT2D eigenvalue weighted by atomic mass is 10.1. The van der Waals surface area contributed by atoms with Gasteiger partial charge < -0.3 is 14.6 Å². The van der Waals surface area contributed by atoms with E-state index in [4.69, 9.17) is 4.74 Å². The fourth-order valence-electron chi connectivity index (χ4n) is 2.05. The van der Waals surface area contributed by atoms with Gasteiger partial charge in [-0.15, -0.1) is 0 Å². The Bertz CT molecular complexity index is 699. The number of methoxy groups -OCH3 is 2. The Morgan fingerprint density at radius 1 is 1.35 bits per heavy atom. The van der Waals surface area contributed by atoms with Gasteiger partial charge in [0.2, 0.25) is 0 Å². The Balaban J connectivity index is 2.34. The molecule has 0 aliphatic carbocycles. The van der Waals surface area contributed by atoms with Crippen molar-refractivity contribution in [2.45, 2.75) is 13.0 Å². The van der Waals surface area contributed by atoms with Crippen molar-refractivity contribution >= 4 is 35.0 Å². The van der Waals surface area contributed by atoms with Crippen molar-refractivity contribution in [1.29, 1.82) is 0 Å². The molecule has 1 aliphatic rings. The van der Waals surface area contributed by atoms with Crippen LogP contribution in [0.5, 0.6) is 11.5 Å². The number of carbonyl (C=O) groups is 3. The van der Waals surface area contributed by atoms with Crippen LogP contribution < -0.4 is 4.74 Å². The lowest BCUT2D eigenvalue weighted by molar-refractivity contribution is -0.148. The third-order valence-corrected chi connectivity index (χ3v) is 4.17. The van der Waals surface area contributed by atoms with E-state index in [0.717, 1.165) is 4.90 Å². The largest absolute Gasteiger partial charge is 0.504 e. The second kappa shape index (κ2) is 6.74.